The van der Waals surface area contributed by atoms with E-state index in [2.05, 4.69) is 35.4 Å². The number of para-hydroxylation sites is 1. The van der Waals surface area contributed by atoms with Gasteiger partial charge in [-0.1, -0.05) is 18.2 Å². The minimum absolute atomic E-state index is 0.102. The van der Waals surface area contributed by atoms with Gasteiger partial charge in [-0.2, -0.15) is 0 Å². The number of likely N-dealkylation sites (N-methyl/N-ethyl adjacent to an activating group) is 1. The first-order chi connectivity index (χ1) is 8.13. The molecule has 0 saturated heterocycles. The Morgan fingerprint density at radius 3 is 2.88 bits per heavy atom. The van der Waals surface area contributed by atoms with Crippen LogP contribution in [0.3, 0.4) is 0 Å². The molecule has 0 amide bonds. The SMILES string of the molecule is CN[C@H](Cc1c[nH]c2c(C)cccc12)C(C)=O. The van der Waals surface area contributed by atoms with Crippen LogP contribution in [-0.2, 0) is 11.2 Å². The molecule has 17 heavy (non-hydrogen) atoms. The first-order valence-corrected chi connectivity index (χ1v) is 5.86. The maximum absolute atomic E-state index is 11.4. The number of H-pyrrole nitrogens is 1. The van der Waals surface area contributed by atoms with Crippen molar-refractivity contribution in [1.29, 1.82) is 0 Å². The number of rotatable bonds is 4. The lowest BCUT2D eigenvalue weighted by Crippen LogP contribution is -2.34. The van der Waals surface area contributed by atoms with Gasteiger partial charge in [0.1, 0.15) is 5.78 Å². The third kappa shape index (κ3) is 2.24. The average molecular weight is 230 g/mol. The van der Waals surface area contributed by atoms with Gasteiger partial charge in [-0.05, 0) is 38.4 Å². The van der Waals surface area contributed by atoms with Crippen molar-refractivity contribution in [2.45, 2.75) is 26.3 Å². The molecule has 0 radical (unpaired) electrons. The first kappa shape index (κ1) is 11.9. The highest BCUT2D eigenvalue weighted by atomic mass is 16.1. The number of aromatic nitrogens is 1. The van der Waals surface area contributed by atoms with Crippen molar-refractivity contribution < 1.29 is 4.79 Å². The molecule has 90 valence electrons. The zero-order valence-electron chi connectivity index (χ0n) is 10.5. The molecule has 1 heterocycles. The van der Waals surface area contributed by atoms with Crippen molar-refractivity contribution in [2.24, 2.45) is 0 Å². The highest BCUT2D eigenvalue weighted by Crippen LogP contribution is 2.22. The minimum Gasteiger partial charge on any atom is -0.361 e. The Labute approximate surface area is 101 Å². The highest BCUT2D eigenvalue weighted by Gasteiger charge is 2.14. The zero-order valence-corrected chi connectivity index (χ0v) is 10.5. The fourth-order valence-electron chi connectivity index (χ4n) is 2.20. The Bertz CT molecular complexity index is 542. The summed E-state index contributed by atoms with van der Waals surface area (Å²) < 4.78 is 0. The molecule has 0 aliphatic rings. The standard InChI is InChI=1S/C14H18N2O/c1-9-5-4-6-12-11(8-16-14(9)12)7-13(15-3)10(2)17/h4-6,8,13,15-16H,7H2,1-3H3/t13-/m1/s1. The fraction of sp³-hybridized carbons (Fsp3) is 0.357. The molecule has 1 aromatic carbocycles. The summed E-state index contributed by atoms with van der Waals surface area (Å²) >= 11 is 0. The Morgan fingerprint density at radius 2 is 2.24 bits per heavy atom. The van der Waals surface area contributed by atoms with Crippen molar-refractivity contribution in [1.82, 2.24) is 10.3 Å². The molecule has 3 nitrogen and oxygen atoms in total. The van der Waals surface area contributed by atoms with Crippen LogP contribution in [0.2, 0.25) is 0 Å². The monoisotopic (exact) mass is 230 g/mol. The molecule has 0 unspecified atom stereocenters. The van der Waals surface area contributed by atoms with Gasteiger partial charge in [0.25, 0.3) is 0 Å². The van der Waals surface area contributed by atoms with Gasteiger partial charge in [0.05, 0.1) is 6.04 Å². The van der Waals surface area contributed by atoms with Gasteiger partial charge < -0.3 is 10.3 Å². The van der Waals surface area contributed by atoms with E-state index in [1.165, 1.54) is 22.0 Å². The van der Waals surface area contributed by atoms with Crippen LogP contribution in [0.25, 0.3) is 10.9 Å². The van der Waals surface area contributed by atoms with Gasteiger partial charge in [-0.15, -0.1) is 0 Å². The quantitative estimate of drug-likeness (QED) is 0.845. The second-order valence-corrected chi connectivity index (χ2v) is 4.47. The summed E-state index contributed by atoms with van der Waals surface area (Å²) in [6, 6.07) is 6.14. The van der Waals surface area contributed by atoms with Gasteiger partial charge in [-0.3, -0.25) is 4.79 Å². The molecule has 0 aliphatic carbocycles. The lowest BCUT2D eigenvalue weighted by molar-refractivity contribution is -0.118. The summed E-state index contributed by atoms with van der Waals surface area (Å²) in [5.41, 5.74) is 3.59. The van der Waals surface area contributed by atoms with Crippen LogP contribution < -0.4 is 5.32 Å². The Hall–Kier alpha value is -1.61. The van der Waals surface area contributed by atoms with E-state index in [9.17, 15) is 4.79 Å². The fourth-order valence-corrected chi connectivity index (χ4v) is 2.20. The van der Waals surface area contributed by atoms with Gasteiger partial charge in [-0.25, -0.2) is 0 Å². The molecule has 2 N–H and O–H groups in total. The van der Waals surface area contributed by atoms with E-state index < -0.39 is 0 Å². The second-order valence-electron chi connectivity index (χ2n) is 4.47. The summed E-state index contributed by atoms with van der Waals surface area (Å²) in [6.07, 6.45) is 2.74. The van der Waals surface area contributed by atoms with Crippen molar-refractivity contribution in [3.63, 3.8) is 0 Å². The molecule has 1 aromatic heterocycles. The predicted molar refractivity (Wildman–Crippen MR) is 70.3 cm³/mol. The number of carbonyl (C=O) groups excluding carboxylic acids is 1. The largest absolute Gasteiger partial charge is 0.361 e. The van der Waals surface area contributed by atoms with E-state index in [1.807, 2.05) is 13.2 Å². The smallest absolute Gasteiger partial charge is 0.147 e. The summed E-state index contributed by atoms with van der Waals surface area (Å²) in [7, 11) is 1.83. The number of ketones is 1. The number of aromatic amines is 1. The van der Waals surface area contributed by atoms with Gasteiger partial charge in [0, 0.05) is 17.1 Å². The van der Waals surface area contributed by atoms with Crippen molar-refractivity contribution in [3.8, 4) is 0 Å². The molecule has 2 aromatic rings. The molecular weight excluding hydrogens is 212 g/mol. The van der Waals surface area contributed by atoms with Gasteiger partial charge >= 0.3 is 0 Å². The third-order valence-electron chi connectivity index (χ3n) is 3.27. The molecular formula is C14H18N2O. The number of Topliss-reactive ketones (excluding diaryl/α,β-unsaturated/α-hetero) is 1. The summed E-state index contributed by atoms with van der Waals surface area (Å²) in [4.78, 5) is 14.7. The van der Waals surface area contributed by atoms with E-state index in [-0.39, 0.29) is 11.8 Å². The highest BCUT2D eigenvalue weighted by molar-refractivity contribution is 5.87. The predicted octanol–water partition coefficient (Wildman–Crippen LogP) is 2.20. The van der Waals surface area contributed by atoms with Crippen LogP contribution in [0.4, 0.5) is 0 Å². The lowest BCUT2D eigenvalue weighted by Gasteiger charge is -2.11. The number of aryl methyl sites for hydroxylation is 1. The first-order valence-electron chi connectivity index (χ1n) is 5.86. The lowest BCUT2D eigenvalue weighted by atomic mass is 10.0. The minimum atomic E-state index is -0.102. The van der Waals surface area contributed by atoms with Crippen LogP contribution in [0.15, 0.2) is 24.4 Å². The van der Waals surface area contributed by atoms with Gasteiger partial charge in [0.2, 0.25) is 0 Å². The molecule has 0 fully saturated rings. The molecule has 1 atom stereocenters. The van der Waals surface area contributed by atoms with E-state index in [1.54, 1.807) is 6.92 Å². The Balaban J connectivity index is 2.37. The zero-order chi connectivity index (χ0) is 12.4. The van der Waals surface area contributed by atoms with Crippen LogP contribution in [0, 0.1) is 6.92 Å². The maximum Gasteiger partial charge on any atom is 0.147 e. The van der Waals surface area contributed by atoms with Crippen molar-refractivity contribution in [3.05, 3.63) is 35.5 Å². The molecule has 0 saturated carbocycles. The van der Waals surface area contributed by atoms with Crippen LogP contribution >= 0.6 is 0 Å². The van der Waals surface area contributed by atoms with E-state index in [0.29, 0.717) is 0 Å². The number of carbonyl (C=O) groups is 1. The van der Waals surface area contributed by atoms with Crippen molar-refractivity contribution >= 4 is 16.7 Å². The number of nitrogens with one attached hydrogen (secondary N) is 2. The normalized spacial score (nSPS) is 12.9. The summed E-state index contributed by atoms with van der Waals surface area (Å²) in [5, 5.41) is 4.27. The van der Waals surface area contributed by atoms with E-state index >= 15 is 0 Å². The summed E-state index contributed by atoms with van der Waals surface area (Å²) in [5.74, 6) is 0.175. The molecule has 3 heteroatoms. The third-order valence-corrected chi connectivity index (χ3v) is 3.27. The maximum atomic E-state index is 11.4. The topological polar surface area (TPSA) is 44.9 Å². The number of fused-ring (bicyclic) bond motifs is 1. The Kier molecular flexibility index (Phi) is 3.29. The molecule has 2 rings (SSSR count). The van der Waals surface area contributed by atoms with Gasteiger partial charge in [0.15, 0.2) is 0 Å². The summed E-state index contributed by atoms with van der Waals surface area (Å²) in [6.45, 7) is 3.71. The second kappa shape index (κ2) is 4.72. The Morgan fingerprint density at radius 1 is 1.47 bits per heavy atom. The average Bonchev–Trinajstić information content (AvgIpc) is 2.70. The number of hydrogen-bond donors (Lipinski definition) is 2. The molecule has 0 spiro atoms. The van der Waals surface area contributed by atoms with E-state index in [0.717, 1.165) is 6.42 Å². The van der Waals surface area contributed by atoms with Crippen LogP contribution in [0.1, 0.15) is 18.1 Å². The molecule has 0 bridgehead atoms. The number of hydrogen-bond acceptors (Lipinski definition) is 2. The number of benzene rings is 1. The van der Waals surface area contributed by atoms with E-state index in [4.69, 9.17) is 0 Å². The molecule has 0 aliphatic heterocycles. The van der Waals surface area contributed by atoms with Crippen LogP contribution in [0.5, 0.6) is 0 Å². The van der Waals surface area contributed by atoms with Crippen molar-refractivity contribution in [2.75, 3.05) is 7.05 Å². The van der Waals surface area contributed by atoms with Crippen LogP contribution in [-0.4, -0.2) is 23.9 Å².